The van der Waals surface area contributed by atoms with E-state index in [1.807, 2.05) is 41.0 Å². The van der Waals surface area contributed by atoms with E-state index >= 15 is 0 Å². The van der Waals surface area contributed by atoms with Gasteiger partial charge in [-0.15, -0.1) is 0 Å². The van der Waals surface area contributed by atoms with Crippen molar-refractivity contribution >= 4 is 5.69 Å². The van der Waals surface area contributed by atoms with Crippen molar-refractivity contribution in [3.63, 3.8) is 0 Å². The molecule has 1 N–H and O–H groups in total. The fourth-order valence-corrected chi connectivity index (χ4v) is 2.40. The van der Waals surface area contributed by atoms with Crippen molar-refractivity contribution in [2.75, 3.05) is 5.32 Å². The second kappa shape index (κ2) is 5.83. The Labute approximate surface area is 124 Å². The second-order valence-electron chi connectivity index (χ2n) is 5.16. The highest BCUT2D eigenvalue weighted by Crippen LogP contribution is 2.18. The van der Waals surface area contributed by atoms with Crippen LogP contribution in [0.2, 0.25) is 0 Å². The predicted octanol–water partition coefficient (Wildman–Crippen LogP) is 2.84. The number of nitrogens with zero attached hydrogens (tertiary/aromatic N) is 4. The van der Waals surface area contributed by atoms with Gasteiger partial charge in [0.2, 0.25) is 0 Å². The fourth-order valence-electron chi connectivity index (χ4n) is 2.40. The third-order valence-electron chi connectivity index (χ3n) is 3.49. The average molecular weight is 281 g/mol. The molecule has 2 heterocycles. The predicted molar refractivity (Wildman–Crippen MR) is 83.0 cm³/mol. The maximum Gasteiger partial charge on any atom is 0.130 e. The smallest absolute Gasteiger partial charge is 0.130 e. The van der Waals surface area contributed by atoms with Crippen molar-refractivity contribution in [3.05, 3.63) is 66.5 Å². The van der Waals surface area contributed by atoms with Crippen LogP contribution in [0.25, 0.3) is 0 Å². The van der Waals surface area contributed by atoms with Crippen molar-refractivity contribution in [2.45, 2.75) is 19.5 Å². The van der Waals surface area contributed by atoms with Crippen LogP contribution in [0.4, 0.5) is 5.69 Å². The molecule has 0 saturated carbocycles. The Hall–Kier alpha value is -2.56. The Bertz CT molecular complexity index is 682. The molecule has 1 atom stereocenters. The molecule has 0 aliphatic carbocycles. The lowest BCUT2D eigenvalue weighted by atomic mass is 10.2. The zero-order valence-corrected chi connectivity index (χ0v) is 12.3. The summed E-state index contributed by atoms with van der Waals surface area (Å²) in [7, 11) is 2.01. The minimum atomic E-state index is 0.168. The molecule has 3 aromatic rings. The molecule has 1 unspecified atom stereocenters. The van der Waals surface area contributed by atoms with Crippen LogP contribution in [-0.4, -0.2) is 19.3 Å². The summed E-state index contributed by atoms with van der Waals surface area (Å²) in [5.74, 6) is 1.02. The largest absolute Gasteiger partial charge is 0.375 e. The zero-order valence-electron chi connectivity index (χ0n) is 12.3. The number of benzene rings is 1. The number of rotatable bonds is 5. The Balaban J connectivity index is 1.66. The van der Waals surface area contributed by atoms with Crippen molar-refractivity contribution in [1.82, 2.24) is 19.3 Å². The van der Waals surface area contributed by atoms with Gasteiger partial charge in [-0.3, -0.25) is 4.68 Å². The summed E-state index contributed by atoms with van der Waals surface area (Å²) in [6, 6.07) is 10.5. The van der Waals surface area contributed by atoms with E-state index in [1.54, 1.807) is 6.20 Å². The molecule has 0 aliphatic heterocycles. The van der Waals surface area contributed by atoms with Gasteiger partial charge in [0.1, 0.15) is 5.82 Å². The Morgan fingerprint density at radius 3 is 2.57 bits per heavy atom. The van der Waals surface area contributed by atoms with Crippen molar-refractivity contribution in [1.29, 1.82) is 0 Å². The van der Waals surface area contributed by atoms with E-state index in [-0.39, 0.29) is 6.04 Å². The molecule has 1 aromatic carbocycles. The second-order valence-corrected chi connectivity index (χ2v) is 5.16. The lowest BCUT2D eigenvalue weighted by Gasteiger charge is -2.15. The van der Waals surface area contributed by atoms with Crippen LogP contribution in [0.5, 0.6) is 0 Å². The van der Waals surface area contributed by atoms with Crippen LogP contribution in [0, 0.1) is 0 Å². The number of imidazole rings is 1. The molecular weight excluding hydrogens is 262 g/mol. The topological polar surface area (TPSA) is 47.7 Å². The minimum absolute atomic E-state index is 0.168. The summed E-state index contributed by atoms with van der Waals surface area (Å²) in [4.78, 5) is 4.37. The van der Waals surface area contributed by atoms with Gasteiger partial charge in [-0.25, -0.2) is 4.98 Å². The molecule has 0 bridgehead atoms. The first-order chi connectivity index (χ1) is 10.2. The van der Waals surface area contributed by atoms with Crippen LogP contribution in [0.15, 0.2) is 55.1 Å². The lowest BCUT2D eigenvalue weighted by molar-refractivity contribution is 0.686. The van der Waals surface area contributed by atoms with Crippen molar-refractivity contribution in [2.24, 2.45) is 7.05 Å². The van der Waals surface area contributed by atoms with Crippen LogP contribution < -0.4 is 5.32 Å². The highest BCUT2D eigenvalue weighted by atomic mass is 15.3. The van der Waals surface area contributed by atoms with Gasteiger partial charge in [-0.1, -0.05) is 12.1 Å². The summed E-state index contributed by atoms with van der Waals surface area (Å²) in [6.45, 7) is 2.90. The molecule has 0 radical (unpaired) electrons. The molecule has 108 valence electrons. The summed E-state index contributed by atoms with van der Waals surface area (Å²) in [6.07, 6.45) is 7.54. The first kappa shape index (κ1) is 13.4. The number of nitrogens with one attached hydrogen (secondary N) is 1. The van der Waals surface area contributed by atoms with Crippen molar-refractivity contribution < 1.29 is 0 Å². The van der Waals surface area contributed by atoms with Crippen LogP contribution in [0.1, 0.15) is 24.4 Å². The molecule has 21 heavy (non-hydrogen) atoms. The normalized spacial score (nSPS) is 12.3. The van der Waals surface area contributed by atoms with E-state index in [4.69, 9.17) is 0 Å². The number of aromatic nitrogens is 4. The first-order valence-corrected chi connectivity index (χ1v) is 7.02. The molecule has 0 spiro atoms. The fraction of sp³-hybridized carbons (Fsp3) is 0.250. The van der Waals surface area contributed by atoms with Crippen LogP contribution in [-0.2, 0) is 13.6 Å². The quantitative estimate of drug-likeness (QED) is 0.782. The van der Waals surface area contributed by atoms with E-state index in [0.717, 1.165) is 18.1 Å². The number of aryl methyl sites for hydroxylation is 1. The number of hydrogen-bond donors (Lipinski definition) is 1. The monoisotopic (exact) mass is 281 g/mol. The van der Waals surface area contributed by atoms with Crippen molar-refractivity contribution in [3.8, 4) is 0 Å². The highest BCUT2D eigenvalue weighted by Gasteiger charge is 2.09. The summed E-state index contributed by atoms with van der Waals surface area (Å²) in [5, 5.41) is 7.68. The molecule has 0 saturated heterocycles. The van der Waals surface area contributed by atoms with Gasteiger partial charge in [0.15, 0.2) is 0 Å². The third kappa shape index (κ3) is 3.13. The van der Waals surface area contributed by atoms with Gasteiger partial charge in [0, 0.05) is 37.5 Å². The molecule has 0 aliphatic rings. The summed E-state index contributed by atoms with van der Waals surface area (Å²) in [5.41, 5.74) is 2.32. The third-order valence-corrected chi connectivity index (χ3v) is 3.49. The van der Waals surface area contributed by atoms with E-state index < -0.39 is 0 Å². The Kier molecular flexibility index (Phi) is 3.73. The summed E-state index contributed by atoms with van der Waals surface area (Å²) >= 11 is 0. The standard InChI is InChI=1S/C16H19N5/c1-13(16-17-9-11-20(16)2)19-15-6-4-14(5-7-15)12-21-10-3-8-18-21/h3-11,13,19H,12H2,1-2H3. The van der Waals surface area contributed by atoms with Gasteiger partial charge in [-0.05, 0) is 30.7 Å². The van der Waals surface area contributed by atoms with E-state index in [9.17, 15) is 0 Å². The molecule has 3 rings (SSSR count). The van der Waals surface area contributed by atoms with E-state index in [1.165, 1.54) is 5.56 Å². The van der Waals surface area contributed by atoms with Crippen LogP contribution in [0.3, 0.4) is 0 Å². The maximum atomic E-state index is 4.37. The molecular formula is C16H19N5. The van der Waals surface area contributed by atoms with Gasteiger partial charge in [0.05, 0.1) is 12.6 Å². The average Bonchev–Trinajstić information content (AvgIpc) is 3.12. The molecule has 0 amide bonds. The molecule has 0 fully saturated rings. The Morgan fingerprint density at radius 2 is 1.95 bits per heavy atom. The SMILES string of the molecule is CC(Nc1ccc(Cn2cccn2)cc1)c1nccn1C. The Morgan fingerprint density at radius 1 is 1.14 bits per heavy atom. The van der Waals surface area contributed by atoms with Gasteiger partial charge in [0.25, 0.3) is 0 Å². The van der Waals surface area contributed by atoms with Gasteiger partial charge < -0.3 is 9.88 Å². The van der Waals surface area contributed by atoms with Crippen LogP contribution >= 0.6 is 0 Å². The molecule has 5 nitrogen and oxygen atoms in total. The molecule has 2 aromatic heterocycles. The maximum absolute atomic E-state index is 4.37. The number of hydrogen-bond acceptors (Lipinski definition) is 3. The van der Waals surface area contributed by atoms with Gasteiger partial charge in [-0.2, -0.15) is 5.10 Å². The zero-order chi connectivity index (χ0) is 14.7. The highest BCUT2D eigenvalue weighted by molar-refractivity contribution is 5.45. The molecule has 5 heteroatoms. The lowest BCUT2D eigenvalue weighted by Crippen LogP contribution is -2.11. The number of anilines is 1. The van der Waals surface area contributed by atoms with E-state index in [2.05, 4.69) is 46.6 Å². The first-order valence-electron chi connectivity index (χ1n) is 7.02. The minimum Gasteiger partial charge on any atom is -0.375 e. The summed E-state index contributed by atoms with van der Waals surface area (Å²) < 4.78 is 3.95. The van der Waals surface area contributed by atoms with E-state index in [0.29, 0.717) is 0 Å². The van der Waals surface area contributed by atoms with Gasteiger partial charge >= 0.3 is 0 Å².